The Morgan fingerprint density at radius 1 is 1.13 bits per heavy atom. The summed E-state index contributed by atoms with van der Waals surface area (Å²) in [5.41, 5.74) is 1.98. The summed E-state index contributed by atoms with van der Waals surface area (Å²) in [6.45, 7) is 7.52. The van der Waals surface area contributed by atoms with E-state index in [1.807, 2.05) is 24.3 Å². The van der Waals surface area contributed by atoms with Crippen LogP contribution in [0, 0.1) is 0 Å². The van der Waals surface area contributed by atoms with Gasteiger partial charge in [-0.3, -0.25) is 0 Å². The van der Waals surface area contributed by atoms with Gasteiger partial charge >= 0.3 is 0 Å². The molecule has 0 aliphatic heterocycles. The summed E-state index contributed by atoms with van der Waals surface area (Å²) in [7, 11) is 1.68. The molecule has 0 bridgehead atoms. The second-order valence-electron chi connectivity index (χ2n) is 6.45. The van der Waals surface area contributed by atoms with Crippen molar-refractivity contribution in [2.24, 2.45) is 0 Å². The Hall–Kier alpha value is -2.20. The number of methoxy groups -OCH3 is 1. The van der Waals surface area contributed by atoms with Gasteiger partial charge in [0.25, 0.3) is 0 Å². The molecule has 1 aromatic carbocycles. The molecular weight excluding hydrogens is 286 g/mol. The van der Waals surface area contributed by atoms with E-state index < -0.39 is 0 Å². The van der Waals surface area contributed by atoms with E-state index in [4.69, 9.17) is 4.74 Å². The molecule has 0 radical (unpaired) electrons. The molecule has 23 heavy (non-hydrogen) atoms. The average molecular weight is 311 g/mol. The predicted octanol–water partition coefficient (Wildman–Crippen LogP) is 4.05. The molecule has 0 unspecified atom stereocenters. The van der Waals surface area contributed by atoms with Crippen molar-refractivity contribution in [1.29, 1.82) is 0 Å². The van der Waals surface area contributed by atoms with Crippen molar-refractivity contribution in [3.05, 3.63) is 59.6 Å². The topological polar surface area (TPSA) is 47.0 Å². The molecule has 0 amide bonds. The van der Waals surface area contributed by atoms with E-state index >= 15 is 0 Å². The largest absolute Gasteiger partial charge is 0.378 e. The summed E-state index contributed by atoms with van der Waals surface area (Å²) in [5, 5.41) is 3.33. The molecule has 1 N–H and O–H groups in total. The molecule has 2 rings (SSSR count). The van der Waals surface area contributed by atoms with Gasteiger partial charge in [0.2, 0.25) is 0 Å². The Bertz CT molecular complexity index is 645. The first-order chi connectivity index (χ1) is 11.0. The molecule has 0 saturated heterocycles. The van der Waals surface area contributed by atoms with Gasteiger partial charge in [-0.25, -0.2) is 9.97 Å². The van der Waals surface area contributed by atoms with Crippen molar-refractivity contribution in [1.82, 2.24) is 9.97 Å². The lowest BCUT2D eigenvalue weighted by Crippen LogP contribution is -2.18. The maximum absolute atomic E-state index is 5.20. The highest BCUT2D eigenvalue weighted by Gasteiger charge is 2.18. The van der Waals surface area contributed by atoms with Crippen LogP contribution in [0.2, 0.25) is 0 Å². The van der Waals surface area contributed by atoms with E-state index in [9.17, 15) is 0 Å². The third-order valence-corrected chi connectivity index (χ3v) is 3.25. The molecule has 0 fully saturated rings. The highest BCUT2D eigenvalue weighted by Crippen LogP contribution is 2.20. The highest BCUT2D eigenvalue weighted by molar-refractivity contribution is 5.50. The SMILES string of the molecule is COCc1cc(NC/C=C/c2ccccc2)nc(C(C)(C)C)n1. The summed E-state index contributed by atoms with van der Waals surface area (Å²) in [6.07, 6.45) is 4.18. The quantitative estimate of drug-likeness (QED) is 0.874. The second-order valence-corrected chi connectivity index (χ2v) is 6.45. The molecule has 0 aliphatic rings. The van der Waals surface area contributed by atoms with Crippen molar-refractivity contribution < 1.29 is 4.74 Å². The number of nitrogens with one attached hydrogen (secondary N) is 1. The lowest BCUT2D eigenvalue weighted by Gasteiger charge is -2.18. The molecule has 0 aliphatic carbocycles. The Balaban J connectivity index is 2.06. The number of aromatic nitrogens is 2. The average Bonchev–Trinajstić information content (AvgIpc) is 2.52. The minimum absolute atomic E-state index is 0.0972. The van der Waals surface area contributed by atoms with E-state index in [1.54, 1.807) is 7.11 Å². The van der Waals surface area contributed by atoms with Crippen LogP contribution in [-0.2, 0) is 16.8 Å². The molecule has 0 atom stereocenters. The summed E-state index contributed by atoms with van der Waals surface area (Å²) in [5.74, 6) is 1.65. The van der Waals surface area contributed by atoms with Crippen molar-refractivity contribution in [3.8, 4) is 0 Å². The van der Waals surface area contributed by atoms with Gasteiger partial charge in [0, 0.05) is 25.1 Å². The first kappa shape index (κ1) is 17.2. The highest BCUT2D eigenvalue weighted by atomic mass is 16.5. The number of anilines is 1. The Kier molecular flexibility index (Phi) is 5.88. The van der Waals surface area contributed by atoms with E-state index in [0.717, 1.165) is 17.3 Å². The first-order valence-electron chi connectivity index (χ1n) is 7.82. The predicted molar refractivity (Wildman–Crippen MR) is 95.4 cm³/mol. The summed E-state index contributed by atoms with van der Waals surface area (Å²) in [4.78, 5) is 9.20. The number of ether oxygens (including phenoxy) is 1. The van der Waals surface area contributed by atoms with Gasteiger partial charge < -0.3 is 10.1 Å². The van der Waals surface area contributed by atoms with Crippen molar-refractivity contribution in [2.45, 2.75) is 32.8 Å². The monoisotopic (exact) mass is 311 g/mol. The molecule has 122 valence electrons. The van der Waals surface area contributed by atoms with Gasteiger partial charge in [-0.05, 0) is 5.56 Å². The Labute approximate surface area is 138 Å². The fourth-order valence-electron chi connectivity index (χ4n) is 2.07. The molecule has 2 aromatic rings. The zero-order valence-corrected chi connectivity index (χ0v) is 14.3. The van der Waals surface area contributed by atoms with Crippen molar-refractivity contribution in [3.63, 3.8) is 0 Å². The van der Waals surface area contributed by atoms with Gasteiger partial charge in [-0.1, -0.05) is 63.3 Å². The van der Waals surface area contributed by atoms with Crippen LogP contribution in [0.15, 0.2) is 42.5 Å². The van der Waals surface area contributed by atoms with Crippen LogP contribution in [0.3, 0.4) is 0 Å². The number of hydrogen-bond acceptors (Lipinski definition) is 4. The van der Waals surface area contributed by atoms with Gasteiger partial charge in [0.1, 0.15) is 11.6 Å². The summed E-state index contributed by atoms with van der Waals surface area (Å²) >= 11 is 0. The van der Waals surface area contributed by atoms with Crippen LogP contribution in [-0.4, -0.2) is 23.6 Å². The molecule has 1 heterocycles. The normalized spacial score (nSPS) is 11.8. The fourth-order valence-corrected chi connectivity index (χ4v) is 2.07. The molecule has 1 aromatic heterocycles. The lowest BCUT2D eigenvalue weighted by molar-refractivity contribution is 0.181. The number of benzene rings is 1. The zero-order chi connectivity index (χ0) is 16.7. The first-order valence-corrected chi connectivity index (χ1v) is 7.82. The molecule has 0 saturated carbocycles. The van der Waals surface area contributed by atoms with Crippen LogP contribution in [0.25, 0.3) is 6.08 Å². The Morgan fingerprint density at radius 3 is 2.52 bits per heavy atom. The van der Waals surface area contributed by atoms with Crippen LogP contribution in [0.4, 0.5) is 5.82 Å². The maximum Gasteiger partial charge on any atom is 0.136 e. The van der Waals surface area contributed by atoms with E-state index in [2.05, 4.69) is 60.3 Å². The van der Waals surface area contributed by atoms with Gasteiger partial charge in [0.05, 0.1) is 12.3 Å². The molecule has 0 spiro atoms. The maximum atomic E-state index is 5.20. The third-order valence-electron chi connectivity index (χ3n) is 3.25. The van der Waals surface area contributed by atoms with E-state index in [-0.39, 0.29) is 5.41 Å². The standard InChI is InChI=1S/C19H25N3O/c1-19(2,3)18-21-16(14-23-4)13-17(22-18)20-12-8-11-15-9-6-5-7-10-15/h5-11,13H,12,14H2,1-4H3,(H,20,21,22)/b11-8+. The number of hydrogen-bond donors (Lipinski definition) is 1. The van der Waals surface area contributed by atoms with E-state index in [1.165, 1.54) is 5.56 Å². The van der Waals surface area contributed by atoms with Crippen LogP contribution in [0.1, 0.15) is 37.9 Å². The number of rotatable bonds is 6. The zero-order valence-electron chi connectivity index (χ0n) is 14.3. The molecule has 4 nitrogen and oxygen atoms in total. The fraction of sp³-hybridized carbons (Fsp3) is 0.368. The molecule has 4 heteroatoms. The van der Waals surface area contributed by atoms with Crippen LogP contribution in [0.5, 0.6) is 0 Å². The van der Waals surface area contributed by atoms with Gasteiger partial charge in [0.15, 0.2) is 0 Å². The smallest absolute Gasteiger partial charge is 0.136 e. The summed E-state index contributed by atoms with van der Waals surface area (Å²) in [6, 6.07) is 12.2. The Morgan fingerprint density at radius 2 is 1.87 bits per heavy atom. The van der Waals surface area contributed by atoms with Crippen LogP contribution < -0.4 is 5.32 Å². The van der Waals surface area contributed by atoms with E-state index in [0.29, 0.717) is 13.2 Å². The van der Waals surface area contributed by atoms with Gasteiger partial charge in [-0.2, -0.15) is 0 Å². The minimum Gasteiger partial charge on any atom is -0.378 e. The third kappa shape index (κ3) is 5.49. The lowest BCUT2D eigenvalue weighted by atomic mass is 9.95. The number of nitrogens with zero attached hydrogens (tertiary/aromatic N) is 2. The minimum atomic E-state index is -0.0972. The van der Waals surface area contributed by atoms with Crippen molar-refractivity contribution >= 4 is 11.9 Å². The molecular formula is C19H25N3O. The van der Waals surface area contributed by atoms with Crippen LogP contribution >= 0.6 is 0 Å². The van der Waals surface area contributed by atoms with Gasteiger partial charge in [-0.15, -0.1) is 0 Å². The second kappa shape index (κ2) is 7.88. The van der Waals surface area contributed by atoms with Crippen molar-refractivity contribution in [2.75, 3.05) is 19.0 Å². The summed E-state index contributed by atoms with van der Waals surface area (Å²) < 4.78 is 5.20.